The van der Waals surface area contributed by atoms with Gasteiger partial charge in [0.1, 0.15) is 0 Å². The van der Waals surface area contributed by atoms with Crippen LogP contribution in [0.15, 0.2) is 0 Å². The average Bonchev–Trinajstić information content (AvgIpc) is 1.65. The van der Waals surface area contributed by atoms with Crippen LogP contribution in [-0.2, 0) is 0 Å². The molecule has 0 saturated carbocycles. The molecule has 0 fully saturated rings. The van der Waals surface area contributed by atoms with E-state index >= 15 is 0 Å². The predicted octanol–water partition coefficient (Wildman–Crippen LogP) is 1.35. The van der Waals surface area contributed by atoms with Gasteiger partial charge < -0.3 is 5.21 Å². The van der Waals surface area contributed by atoms with Gasteiger partial charge in [-0.3, -0.25) is 0 Å². The molecule has 1 unspecified atom stereocenters. The van der Waals surface area contributed by atoms with Crippen LogP contribution in [0, 0.1) is 5.92 Å². The van der Waals surface area contributed by atoms with E-state index < -0.39 is 0 Å². The molecule has 0 aliphatic heterocycles. The van der Waals surface area contributed by atoms with Crippen molar-refractivity contribution in [1.82, 2.24) is 5.06 Å². The summed E-state index contributed by atoms with van der Waals surface area (Å²) in [6.45, 7) is 5.01. The number of nitrogens with zero attached hydrogens (tertiary/aromatic N) is 1. The normalized spacial score (nSPS) is 14.6. The van der Waals surface area contributed by atoms with Crippen LogP contribution < -0.4 is 0 Å². The third-order valence-electron chi connectivity index (χ3n) is 1.27. The molecule has 0 aliphatic rings. The van der Waals surface area contributed by atoms with Crippen molar-refractivity contribution >= 4 is 0 Å². The van der Waals surface area contributed by atoms with Crippen LogP contribution >= 0.6 is 0 Å². The van der Waals surface area contributed by atoms with Crippen LogP contribution in [0.2, 0.25) is 0 Å². The molecule has 0 spiro atoms. The Morgan fingerprint density at radius 3 is 2.25 bits per heavy atom. The van der Waals surface area contributed by atoms with Gasteiger partial charge in [-0.25, -0.2) is 0 Å². The molecule has 0 aromatic heterocycles. The molecule has 2 nitrogen and oxygen atoms in total. The van der Waals surface area contributed by atoms with E-state index in [1.54, 1.807) is 7.05 Å². The van der Waals surface area contributed by atoms with E-state index in [9.17, 15) is 0 Å². The van der Waals surface area contributed by atoms with E-state index in [1.165, 1.54) is 5.06 Å². The van der Waals surface area contributed by atoms with Crippen molar-refractivity contribution in [3.8, 4) is 0 Å². The van der Waals surface area contributed by atoms with E-state index in [4.69, 9.17) is 5.21 Å². The SMILES string of the molecule is CCC(C)CN(C)O. The monoisotopic (exact) mass is 117 g/mol. The summed E-state index contributed by atoms with van der Waals surface area (Å²) >= 11 is 0. The van der Waals surface area contributed by atoms with Crippen molar-refractivity contribution in [2.45, 2.75) is 20.3 Å². The Balaban J connectivity index is 3.10. The van der Waals surface area contributed by atoms with Gasteiger partial charge in [0.05, 0.1) is 0 Å². The van der Waals surface area contributed by atoms with Crippen molar-refractivity contribution in [3.05, 3.63) is 0 Å². The van der Waals surface area contributed by atoms with Crippen LogP contribution in [0.1, 0.15) is 20.3 Å². The van der Waals surface area contributed by atoms with E-state index in [0.29, 0.717) is 5.92 Å². The molecule has 2 heteroatoms. The molecule has 0 aliphatic carbocycles. The Morgan fingerprint density at radius 1 is 1.62 bits per heavy atom. The van der Waals surface area contributed by atoms with Gasteiger partial charge in [-0.1, -0.05) is 20.3 Å². The smallest absolute Gasteiger partial charge is 0.0260 e. The Bertz CT molecular complexity index is 54.5. The van der Waals surface area contributed by atoms with Crippen LogP contribution in [0.5, 0.6) is 0 Å². The first-order chi connectivity index (χ1) is 3.66. The highest BCUT2D eigenvalue weighted by Crippen LogP contribution is 1.99. The predicted molar refractivity (Wildman–Crippen MR) is 33.9 cm³/mol. The minimum Gasteiger partial charge on any atom is -0.314 e. The molecule has 50 valence electrons. The summed E-state index contributed by atoms with van der Waals surface area (Å²) in [7, 11) is 1.67. The molecule has 1 atom stereocenters. The second-order valence-corrected chi connectivity index (χ2v) is 2.35. The van der Waals surface area contributed by atoms with Gasteiger partial charge in [-0.15, -0.1) is 0 Å². The van der Waals surface area contributed by atoms with Gasteiger partial charge in [0, 0.05) is 13.6 Å². The van der Waals surface area contributed by atoms with E-state index in [-0.39, 0.29) is 0 Å². The molecular weight excluding hydrogens is 102 g/mol. The van der Waals surface area contributed by atoms with Gasteiger partial charge in [0.25, 0.3) is 0 Å². The zero-order chi connectivity index (χ0) is 6.57. The lowest BCUT2D eigenvalue weighted by atomic mass is 10.1. The number of hydrogen-bond acceptors (Lipinski definition) is 2. The fourth-order valence-corrected chi connectivity index (χ4v) is 0.580. The summed E-state index contributed by atoms with van der Waals surface area (Å²) in [5.74, 6) is 0.602. The van der Waals surface area contributed by atoms with Crippen molar-refractivity contribution in [2.75, 3.05) is 13.6 Å². The van der Waals surface area contributed by atoms with Crippen LogP contribution in [0.25, 0.3) is 0 Å². The van der Waals surface area contributed by atoms with Crippen molar-refractivity contribution < 1.29 is 5.21 Å². The maximum absolute atomic E-state index is 8.69. The summed E-state index contributed by atoms with van der Waals surface area (Å²) in [5.41, 5.74) is 0. The Labute approximate surface area is 51.1 Å². The standard InChI is InChI=1S/C6H15NO/c1-4-6(2)5-7(3)8/h6,8H,4-5H2,1-3H3. The molecule has 8 heavy (non-hydrogen) atoms. The maximum atomic E-state index is 8.69. The largest absolute Gasteiger partial charge is 0.314 e. The summed E-state index contributed by atoms with van der Waals surface area (Å²) in [6.07, 6.45) is 1.13. The first kappa shape index (κ1) is 7.92. The maximum Gasteiger partial charge on any atom is 0.0260 e. The lowest BCUT2D eigenvalue weighted by Gasteiger charge is -2.12. The fourth-order valence-electron chi connectivity index (χ4n) is 0.580. The van der Waals surface area contributed by atoms with E-state index in [0.717, 1.165) is 13.0 Å². The van der Waals surface area contributed by atoms with Crippen molar-refractivity contribution in [1.29, 1.82) is 0 Å². The molecular formula is C6H15NO. The highest BCUT2D eigenvalue weighted by Gasteiger charge is 1.99. The van der Waals surface area contributed by atoms with Gasteiger partial charge in [0.15, 0.2) is 0 Å². The van der Waals surface area contributed by atoms with Gasteiger partial charge >= 0.3 is 0 Å². The zero-order valence-electron chi connectivity index (χ0n) is 5.89. The van der Waals surface area contributed by atoms with Crippen molar-refractivity contribution in [2.24, 2.45) is 5.92 Å². The molecule has 0 rings (SSSR count). The van der Waals surface area contributed by atoms with Gasteiger partial charge in [-0.05, 0) is 5.92 Å². The average molecular weight is 117 g/mol. The number of hydrogen-bond donors (Lipinski definition) is 1. The van der Waals surface area contributed by atoms with Gasteiger partial charge in [0.2, 0.25) is 0 Å². The van der Waals surface area contributed by atoms with Gasteiger partial charge in [-0.2, -0.15) is 5.06 Å². The topological polar surface area (TPSA) is 23.5 Å². The highest BCUT2D eigenvalue weighted by atomic mass is 16.5. The molecule has 0 heterocycles. The fraction of sp³-hybridized carbons (Fsp3) is 1.00. The quantitative estimate of drug-likeness (QED) is 0.564. The minimum atomic E-state index is 0.602. The van der Waals surface area contributed by atoms with Crippen LogP contribution in [0.3, 0.4) is 0 Å². The van der Waals surface area contributed by atoms with Crippen LogP contribution in [-0.4, -0.2) is 23.9 Å². The number of rotatable bonds is 3. The molecule has 0 bridgehead atoms. The molecule has 0 radical (unpaired) electrons. The molecule has 0 aromatic carbocycles. The highest BCUT2D eigenvalue weighted by molar-refractivity contribution is 4.48. The number of hydroxylamine groups is 2. The Hall–Kier alpha value is -0.0800. The molecule has 1 N–H and O–H groups in total. The van der Waals surface area contributed by atoms with Crippen molar-refractivity contribution in [3.63, 3.8) is 0 Å². The summed E-state index contributed by atoms with van der Waals surface area (Å²) < 4.78 is 0. The summed E-state index contributed by atoms with van der Waals surface area (Å²) in [5, 5.41) is 9.92. The Morgan fingerprint density at radius 2 is 2.12 bits per heavy atom. The first-order valence-corrected chi connectivity index (χ1v) is 3.06. The second kappa shape index (κ2) is 3.87. The molecule has 0 saturated heterocycles. The summed E-state index contributed by atoms with van der Waals surface area (Å²) in [4.78, 5) is 0. The van der Waals surface area contributed by atoms with E-state index in [2.05, 4.69) is 13.8 Å². The molecule has 0 amide bonds. The van der Waals surface area contributed by atoms with E-state index in [1.807, 2.05) is 0 Å². The summed E-state index contributed by atoms with van der Waals surface area (Å²) in [6, 6.07) is 0. The molecule has 0 aromatic rings. The zero-order valence-corrected chi connectivity index (χ0v) is 5.89. The Kier molecular flexibility index (Phi) is 3.83. The third-order valence-corrected chi connectivity index (χ3v) is 1.27. The lowest BCUT2D eigenvalue weighted by molar-refractivity contribution is -0.0746. The lowest BCUT2D eigenvalue weighted by Crippen LogP contribution is -2.19. The third kappa shape index (κ3) is 4.09. The first-order valence-electron chi connectivity index (χ1n) is 3.06. The minimum absolute atomic E-state index is 0.602. The van der Waals surface area contributed by atoms with Crippen LogP contribution in [0.4, 0.5) is 0 Å². The second-order valence-electron chi connectivity index (χ2n) is 2.35.